The zero-order chi connectivity index (χ0) is 19.0. The lowest BCUT2D eigenvalue weighted by Crippen LogP contribution is -2.06. The van der Waals surface area contributed by atoms with Crippen molar-refractivity contribution in [1.82, 2.24) is 0 Å². The third-order valence-electron chi connectivity index (χ3n) is 3.75. The molecule has 2 aromatic carbocycles. The third kappa shape index (κ3) is 6.10. The third-order valence-corrected chi connectivity index (χ3v) is 8.02. The van der Waals surface area contributed by atoms with Crippen LogP contribution in [0.2, 0.25) is 0 Å². The first-order valence-electron chi connectivity index (χ1n) is 8.69. The van der Waals surface area contributed by atoms with E-state index in [-0.39, 0.29) is 30.7 Å². The monoisotopic (exact) mass is 392 g/mol. The SMILES string of the molecule is CCOP(=O)(OCC)S[C@H](CC(=O)c1ccc(C)cc1)c1ccccc1. The molecule has 0 amide bonds. The lowest BCUT2D eigenvalue weighted by atomic mass is 10.0. The molecule has 0 heterocycles. The maximum Gasteiger partial charge on any atom is 0.389 e. The van der Waals surface area contributed by atoms with Gasteiger partial charge in [0.15, 0.2) is 5.78 Å². The van der Waals surface area contributed by atoms with Crippen LogP contribution in [0.4, 0.5) is 0 Å². The van der Waals surface area contributed by atoms with E-state index < -0.39 is 6.80 Å². The quantitative estimate of drug-likeness (QED) is 0.355. The van der Waals surface area contributed by atoms with Crippen LogP contribution in [-0.4, -0.2) is 19.0 Å². The van der Waals surface area contributed by atoms with Crippen LogP contribution in [0, 0.1) is 6.92 Å². The van der Waals surface area contributed by atoms with Crippen LogP contribution in [0.1, 0.15) is 47.0 Å². The number of ketones is 1. The minimum atomic E-state index is -3.33. The molecule has 4 nitrogen and oxygen atoms in total. The zero-order valence-electron chi connectivity index (χ0n) is 15.4. The van der Waals surface area contributed by atoms with Gasteiger partial charge >= 0.3 is 6.80 Å². The topological polar surface area (TPSA) is 52.6 Å². The summed E-state index contributed by atoms with van der Waals surface area (Å²) in [6.07, 6.45) is 0.224. The van der Waals surface area contributed by atoms with E-state index in [4.69, 9.17) is 9.05 Å². The molecule has 26 heavy (non-hydrogen) atoms. The minimum Gasteiger partial charge on any atom is -0.301 e. The summed E-state index contributed by atoms with van der Waals surface area (Å²) in [6, 6.07) is 17.1. The number of hydrogen-bond donors (Lipinski definition) is 0. The van der Waals surface area contributed by atoms with E-state index in [1.165, 1.54) is 0 Å². The molecule has 0 fully saturated rings. The van der Waals surface area contributed by atoms with Crippen LogP contribution < -0.4 is 0 Å². The first kappa shape index (κ1) is 20.9. The van der Waals surface area contributed by atoms with Gasteiger partial charge < -0.3 is 9.05 Å². The molecule has 0 N–H and O–H groups in total. The number of aryl methyl sites for hydroxylation is 1. The Hall–Kier alpha value is -1.39. The van der Waals surface area contributed by atoms with Gasteiger partial charge in [0.25, 0.3) is 0 Å². The average Bonchev–Trinajstić information content (AvgIpc) is 2.63. The van der Waals surface area contributed by atoms with Gasteiger partial charge in [0.05, 0.1) is 13.2 Å². The average molecular weight is 392 g/mol. The maximum absolute atomic E-state index is 13.0. The standard InChI is InChI=1S/C20H25O4PS/c1-4-23-25(22,24-5-2)26-20(18-9-7-6-8-10-18)15-19(21)17-13-11-16(3)12-14-17/h6-14,20H,4-5,15H2,1-3H3/t20-/m1/s1. The molecule has 6 heteroatoms. The summed E-state index contributed by atoms with van der Waals surface area (Å²) in [5.74, 6) is 0.00546. The second kappa shape index (κ2) is 10.1. The molecule has 1 atom stereocenters. The van der Waals surface area contributed by atoms with Crippen molar-refractivity contribution in [1.29, 1.82) is 0 Å². The Labute approximate surface area is 159 Å². The van der Waals surface area contributed by atoms with E-state index >= 15 is 0 Å². The fourth-order valence-corrected chi connectivity index (χ4v) is 6.65. The first-order valence-corrected chi connectivity index (χ1v) is 11.7. The molecular formula is C20H25O4PS. The van der Waals surface area contributed by atoms with E-state index in [2.05, 4.69) is 0 Å². The second-order valence-electron chi connectivity index (χ2n) is 5.78. The van der Waals surface area contributed by atoms with Gasteiger partial charge in [-0.05, 0) is 37.7 Å². The van der Waals surface area contributed by atoms with Crippen LogP contribution >= 0.6 is 18.2 Å². The van der Waals surface area contributed by atoms with E-state index in [0.29, 0.717) is 5.56 Å². The highest BCUT2D eigenvalue weighted by Gasteiger charge is 2.32. The Morgan fingerprint density at radius 1 is 1.00 bits per heavy atom. The van der Waals surface area contributed by atoms with Crippen molar-refractivity contribution in [3.05, 3.63) is 71.3 Å². The van der Waals surface area contributed by atoms with Crippen LogP contribution in [0.15, 0.2) is 54.6 Å². The molecule has 0 spiro atoms. The van der Waals surface area contributed by atoms with E-state index in [1.54, 1.807) is 13.8 Å². The summed E-state index contributed by atoms with van der Waals surface area (Å²) in [7, 11) is 0. The molecule has 0 bridgehead atoms. The fourth-order valence-electron chi connectivity index (χ4n) is 2.48. The molecule has 0 radical (unpaired) electrons. The Balaban J connectivity index is 2.25. The minimum absolute atomic E-state index is 0.00546. The first-order chi connectivity index (χ1) is 12.5. The summed E-state index contributed by atoms with van der Waals surface area (Å²) in [4.78, 5) is 12.8. The van der Waals surface area contributed by atoms with Crippen molar-refractivity contribution < 1.29 is 18.4 Å². The van der Waals surface area contributed by atoms with Crippen LogP contribution in [0.25, 0.3) is 0 Å². The number of benzene rings is 2. The summed E-state index contributed by atoms with van der Waals surface area (Å²) in [5.41, 5.74) is 2.69. The van der Waals surface area contributed by atoms with Crippen LogP contribution in [-0.2, 0) is 13.6 Å². The van der Waals surface area contributed by atoms with E-state index in [9.17, 15) is 9.36 Å². The van der Waals surface area contributed by atoms with Crippen molar-refractivity contribution >= 4 is 24.0 Å². The molecule has 0 aromatic heterocycles. The molecule has 140 valence electrons. The van der Waals surface area contributed by atoms with Crippen molar-refractivity contribution in [2.75, 3.05) is 13.2 Å². The summed E-state index contributed by atoms with van der Waals surface area (Å²) >= 11 is 1.11. The molecule has 0 aliphatic heterocycles. The molecule has 0 saturated carbocycles. The van der Waals surface area contributed by atoms with E-state index in [0.717, 1.165) is 22.5 Å². The Kier molecular flexibility index (Phi) is 8.11. The number of hydrogen-bond acceptors (Lipinski definition) is 5. The van der Waals surface area contributed by atoms with Gasteiger partial charge in [-0.2, -0.15) is 0 Å². The highest BCUT2D eigenvalue weighted by molar-refractivity contribution is 8.55. The highest BCUT2D eigenvalue weighted by Crippen LogP contribution is 2.66. The number of carbonyl (C=O) groups is 1. The molecule has 2 rings (SSSR count). The molecule has 0 unspecified atom stereocenters. The molecule has 0 aliphatic rings. The maximum atomic E-state index is 13.0. The smallest absolute Gasteiger partial charge is 0.301 e. The molecule has 0 saturated heterocycles. The predicted octanol–water partition coefficient (Wildman–Crippen LogP) is 6.22. The van der Waals surface area contributed by atoms with Gasteiger partial charge in [0.1, 0.15) is 0 Å². The number of carbonyl (C=O) groups excluding carboxylic acids is 1. The van der Waals surface area contributed by atoms with Gasteiger partial charge in [0, 0.05) is 17.2 Å². The molecule has 0 aliphatic carbocycles. The Morgan fingerprint density at radius 2 is 1.58 bits per heavy atom. The van der Waals surface area contributed by atoms with Crippen molar-refractivity contribution in [2.45, 2.75) is 32.4 Å². The van der Waals surface area contributed by atoms with Gasteiger partial charge in [-0.3, -0.25) is 4.79 Å². The number of rotatable bonds is 10. The lowest BCUT2D eigenvalue weighted by Gasteiger charge is -2.22. The van der Waals surface area contributed by atoms with Gasteiger partial charge in [0.2, 0.25) is 0 Å². The van der Waals surface area contributed by atoms with E-state index in [1.807, 2.05) is 61.5 Å². The van der Waals surface area contributed by atoms with Gasteiger partial charge in [-0.25, -0.2) is 4.57 Å². The Bertz CT molecular complexity index is 736. The number of Topliss-reactive ketones (excluding diaryl/α,β-unsaturated/α-hetero) is 1. The predicted molar refractivity (Wildman–Crippen MR) is 108 cm³/mol. The Morgan fingerprint density at radius 3 is 2.12 bits per heavy atom. The zero-order valence-corrected chi connectivity index (χ0v) is 17.1. The van der Waals surface area contributed by atoms with Gasteiger partial charge in [-0.15, -0.1) is 0 Å². The van der Waals surface area contributed by atoms with Crippen molar-refractivity contribution in [3.8, 4) is 0 Å². The summed E-state index contributed by atoms with van der Waals surface area (Å²) in [6.45, 7) is 2.79. The van der Waals surface area contributed by atoms with Gasteiger partial charge in [-0.1, -0.05) is 60.2 Å². The normalized spacial score (nSPS) is 12.7. The van der Waals surface area contributed by atoms with Crippen LogP contribution in [0.3, 0.4) is 0 Å². The van der Waals surface area contributed by atoms with Crippen LogP contribution in [0.5, 0.6) is 0 Å². The molecular weight excluding hydrogens is 367 g/mol. The fraction of sp³-hybridized carbons (Fsp3) is 0.350. The lowest BCUT2D eigenvalue weighted by molar-refractivity contribution is 0.0982. The van der Waals surface area contributed by atoms with Crippen molar-refractivity contribution in [2.24, 2.45) is 0 Å². The summed E-state index contributed by atoms with van der Waals surface area (Å²) in [5, 5.41) is -0.311. The summed E-state index contributed by atoms with van der Waals surface area (Å²) < 4.78 is 23.8. The van der Waals surface area contributed by atoms with Crippen molar-refractivity contribution in [3.63, 3.8) is 0 Å². The largest absolute Gasteiger partial charge is 0.389 e. The highest BCUT2D eigenvalue weighted by atomic mass is 32.7. The molecule has 2 aromatic rings. The second-order valence-corrected chi connectivity index (χ2v) is 9.95.